The van der Waals surface area contributed by atoms with Gasteiger partial charge in [-0.15, -0.1) is 0 Å². The topological polar surface area (TPSA) is 40.1 Å². The van der Waals surface area contributed by atoms with Gasteiger partial charge in [0, 0.05) is 0 Å². The number of halogens is 1. The highest BCUT2D eigenvalue weighted by molar-refractivity contribution is 5.76. The molecule has 0 atom stereocenters. The zero-order valence-electron chi connectivity index (χ0n) is 2.98. The summed E-state index contributed by atoms with van der Waals surface area (Å²) in [7, 11) is 0. The zero-order chi connectivity index (χ0) is 4.28. The maximum atomic E-state index is 9.14. The maximum absolute atomic E-state index is 9.14. The lowest BCUT2D eigenvalue weighted by atomic mass is 10.7. The van der Waals surface area contributed by atoms with Gasteiger partial charge < -0.3 is 9.90 Å². The molecule has 0 aromatic carbocycles. The van der Waals surface area contributed by atoms with Crippen molar-refractivity contribution < 1.29 is 14.6 Å². The van der Waals surface area contributed by atoms with E-state index in [1.165, 1.54) is 0 Å². The molecule has 6 heavy (non-hydrogen) atoms. The van der Waals surface area contributed by atoms with Crippen molar-refractivity contribution in [2.45, 2.75) is 0 Å². The fourth-order valence-corrected chi connectivity index (χ4v) is 0. The van der Waals surface area contributed by atoms with Gasteiger partial charge in [0.1, 0.15) is 0 Å². The fourth-order valence-electron chi connectivity index (χ4n) is 0. The van der Waals surface area contributed by atoms with Crippen LogP contribution >= 0.6 is 0 Å². The van der Waals surface area contributed by atoms with E-state index in [0.717, 1.165) is 6.08 Å². The predicted octanol–water partition coefficient (Wildman–Crippen LogP) is -1.08. The van der Waals surface area contributed by atoms with E-state index in [-0.39, 0.29) is 4.70 Å². The fraction of sp³-hybridized carbons (Fsp3) is 0. The maximum Gasteiger partial charge on any atom is 1.00 e. The molecule has 0 saturated heterocycles. The van der Waals surface area contributed by atoms with Crippen molar-refractivity contribution in [3.63, 3.8) is 0 Å². The van der Waals surface area contributed by atoms with Crippen LogP contribution in [0.1, 0.15) is 0 Å². The van der Waals surface area contributed by atoms with Crippen molar-refractivity contribution in [1.29, 1.82) is 0 Å². The first-order valence-corrected chi connectivity index (χ1v) is 1.11. The van der Waals surface area contributed by atoms with Gasteiger partial charge in [-0.25, -0.2) is 0 Å². The summed E-state index contributed by atoms with van der Waals surface area (Å²) in [5.74, 6) is -1.23. The lowest BCUT2D eigenvalue weighted by molar-refractivity contribution is -0.297. The summed E-state index contributed by atoms with van der Waals surface area (Å²) in [6, 6.07) is 0. The summed E-state index contributed by atoms with van der Waals surface area (Å²) in [5, 5.41) is 9.14. The lowest BCUT2D eigenvalue weighted by Crippen LogP contribution is -2.17. The number of carboxylic acids is 1. The molecule has 0 amide bonds. The molecule has 0 heterocycles. The van der Waals surface area contributed by atoms with Crippen LogP contribution in [0.15, 0.2) is 12.7 Å². The van der Waals surface area contributed by atoms with Gasteiger partial charge in [0.2, 0.25) is 0 Å². The molecule has 0 bridgehead atoms. The van der Waals surface area contributed by atoms with Gasteiger partial charge >= 0.3 is 4.70 Å². The molecule has 0 aliphatic rings. The molecule has 0 N–H and O–H groups in total. The average Bonchev–Trinajstić information content (AvgIpc) is 1.38. The third-order valence-corrected chi connectivity index (χ3v) is 0.167. The number of aliphatic carboxylic acids is 1. The molecule has 0 fully saturated rings. The molecule has 0 aromatic heterocycles. The molecule has 0 unspecified atom stereocenters. The molecular weight excluding hydrogens is 87.0 g/mol. The van der Waals surface area contributed by atoms with Crippen LogP contribution in [0.25, 0.3) is 0 Å². The number of hydrogen-bond donors (Lipinski definition) is 0. The Kier molecular flexibility index (Phi) is 6.17. The summed E-state index contributed by atoms with van der Waals surface area (Å²) >= 11 is 0. The van der Waals surface area contributed by atoms with Crippen molar-refractivity contribution in [3.8, 4) is 0 Å². The molecule has 0 rings (SSSR count). The van der Waals surface area contributed by atoms with Gasteiger partial charge in [-0.3, -0.25) is 0 Å². The van der Waals surface area contributed by atoms with Crippen molar-refractivity contribution >= 4 is 5.97 Å². The molecule has 0 spiro atoms. The van der Waals surface area contributed by atoms with Gasteiger partial charge in [-0.1, -0.05) is 6.58 Å². The Labute approximate surface area is 34.5 Å². The molecule has 0 aliphatic heterocycles. The third kappa shape index (κ3) is 11.1. The highest BCUT2D eigenvalue weighted by Crippen LogP contribution is 1.47. The Hall–Kier alpha value is -0.860. The van der Waals surface area contributed by atoms with Crippen LogP contribution in [0.3, 0.4) is 0 Å². The summed E-state index contributed by atoms with van der Waals surface area (Å²) in [6.07, 6.45) is 0.722. The number of carboxylic acid groups (broad SMARTS) is 1. The Morgan fingerprint density at radius 3 is 2.00 bits per heavy atom. The van der Waals surface area contributed by atoms with Crippen LogP contribution in [0, 0.1) is 4.70 Å². The van der Waals surface area contributed by atoms with E-state index in [1.54, 1.807) is 0 Å². The second-order valence-corrected chi connectivity index (χ2v) is 0.523. The number of rotatable bonds is 1. The second kappa shape index (κ2) is 4.14. The molecule has 3 heteroatoms. The van der Waals surface area contributed by atoms with E-state index < -0.39 is 5.97 Å². The minimum Gasteiger partial charge on any atom is -0.545 e. The molecule has 0 aliphatic carbocycles. The average molecular weight is 90.1 g/mol. The Morgan fingerprint density at radius 1 is 1.83 bits per heavy atom. The van der Waals surface area contributed by atoms with Crippen LogP contribution in [0.5, 0.6) is 0 Å². The Bertz CT molecular complexity index is 59.8. The first-order chi connectivity index (χ1) is 2.27. The van der Waals surface area contributed by atoms with E-state index in [9.17, 15) is 0 Å². The molecule has 0 aromatic rings. The van der Waals surface area contributed by atoms with E-state index in [4.69, 9.17) is 9.90 Å². The molecule has 34 valence electrons. The van der Waals surface area contributed by atoms with Crippen LogP contribution in [-0.4, -0.2) is 5.97 Å². The van der Waals surface area contributed by atoms with Gasteiger partial charge in [-0.05, 0) is 6.08 Å². The zero-order valence-corrected chi connectivity index (χ0v) is 2.98. The normalized spacial score (nSPS) is 5.33. The van der Waals surface area contributed by atoms with E-state index in [0.29, 0.717) is 0 Å². The van der Waals surface area contributed by atoms with Crippen LogP contribution in [-0.2, 0) is 4.79 Å². The van der Waals surface area contributed by atoms with Crippen LogP contribution in [0.4, 0.5) is 0 Å². The van der Waals surface area contributed by atoms with Gasteiger partial charge in [0.15, 0.2) is 0 Å². The minimum atomic E-state index is -1.23. The quantitative estimate of drug-likeness (QED) is 0.384. The molecule has 2 nitrogen and oxygen atoms in total. The standard InChI is InChI=1S/C3H4O2.F/c1-2-3(4)5;/h2H,1H2,(H,4,5);/q;+1/p-1. The highest BCUT2D eigenvalue weighted by atomic mass is 19.0. The summed E-state index contributed by atoms with van der Waals surface area (Å²) < 4.78 is 0. The third-order valence-electron chi connectivity index (χ3n) is 0.167. The van der Waals surface area contributed by atoms with Crippen molar-refractivity contribution in [1.82, 2.24) is 0 Å². The number of carbonyl (C=O) groups is 1. The largest absolute Gasteiger partial charge is 1.00 e. The predicted molar refractivity (Wildman–Crippen MR) is 15.2 cm³/mol. The SMILES string of the molecule is C=CC(=O)[O-].[F+]. The lowest BCUT2D eigenvalue weighted by Gasteiger charge is -1.81. The van der Waals surface area contributed by atoms with E-state index in [1.807, 2.05) is 0 Å². The molecule has 2 radical (unpaired) electrons. The molecule has 0 saturated carbocycles. The van der Waals surface area contributed by atoms with Crippen molar-refractivity contribution in [3.05, 3.63) is 12.7 Å². The smallest absolute Gasteiger partial charge is 0.545 e. The first kappa shape index (κ1) is 8.94. The number of carbonyl (C=O) groups excluding carboxylic acids is 1. The van der Waals surface area contributed by atoms with E-state index >= 15 is 0 Å². The highest BCUT2D eigenvalue weighted by Gasteiger charge is 1.55. The Morgan fingerprint density at radius 2 is 2.00 bits per heavy atom. The summed E-state index contributed by atoms with van der Waals surface area (Å²) in [4.78, 5) is 9.14. The summed E-state index contributed by atoms with van der Waals surface area (Å²) in [6.45, 7) is 2.90. The van der Waals surface area contributed by atoms with Crippen molar-refractivity contribution in [2.24, 2.45) is 0 Å². The van der Waals surface area contributed by atoms with Gasteiger partial charge in [0.25, 0.3) is 0 Å². The molecular formula is C3H3FO2. The monoisotopic (exact) mass is 90.0 g/mol. The first-order valence-electron chi connectivity index (χ1n) is 1.11. The van der Waals surface area contributed by atoms with E-state index in [2.05, 4.69) is 6.58 Å². The Balaban J connectivity index is 0. The van der Waals surface area contributed by atoms with Crippen LogP contribution < -0.4 is 5.11 Å². The van der Waals surface area contributed by atoms with Gasteiger partial charge in [0.05, 0.1) is 5.97 Å². The van der Waals surface area contributed by atoms with Crippen LogP contribution in [0.2, 0.25) is 0 Å². The number of hydrogen-bond acceptors (Lipinski definition) is 2. The summed E-state index contributed by atoms with van der Waals surface area (Å²) in [5.41, 5.74) is 0. The minimum absolute atomic E-state index is 0. The van der Waals surface area contributed by atoms with Crippen molar-refractivity contribution in [2.75, 3.05) is 0 Å². The van der Waals surface area contributed by atoms with Gasteiger partial charge in [-0.2, -0.15) is 0 Å². The second-order valence-electron chi connectivity index (χ2n) is 0.523.